The fourth-order valence-corrected chi connectivity index (χ4v) is 1.57. The van der Waals surface area contributed by atoms with Crippen LogP contribution in [0.2, 0.25) is 0 Å². The van der Waals surface area contributed by atoms with E-state index in [9.17, 15) is 0 Å². The van der Waals surface area contributed by atoms with Crippen molar-refractivity contribution in [2.75, 3.05) is 33.2 Å². The van der Waals surface area contributed by atoms with E-state index in [1.54, 1.807) is 6.21 Å². The van der Waals surface area contributed by atoms with Crippen molar-refractivity contribution in [1.82, 2.24) is 9.91 Å². The monoisotopic (exact) mass is 207 g/mol. The van der Waals surface area contributed by atoms with Crippen LogP contribution in [0.25, 0.3) is 0 Å². The standard InChI is InChI=1S/C11H17N3O/c1-10-3-4-11(15-10)9-12-14-7-5-13(2)6-8-14/h3-4,9H,5-8H2,1-2H3/b12-9+. The predicted octanol–water partition coefficient (Wildman–Crippen LogP) is 1.17. The third-order valence-corrected chi connectivity index (χ3v) is 2.59. The lowest BCUT2D eigenvalue weighted by molar-refractivity contribution is 0.159. The molecule has 4 heteroatoms. The molecule has 1 aromatic rings. The number of hydrazone groups is 1. The minimum atomic E-state index is 0.825. The Kier molecular flexibility index (Phi) is 3.06. The van der Waals surface area contributed by atoms with Crippen molar-refractivity contribution in [3.63, 3.8) is 0 Å². The van der Waals surface area contributed by atoms with Gasteiger partial charge in [0.2, 0.25) is 0 Å². The summed E-state index contributed by atoms with van der Waals surface area (Å²) in [6, 6.07) is 3.89. The van der Waals surface area contributed by atoms with Gasteiger partial charge < -0.3 is 9.32 Å². The summed E-state index contributed by atoms with van der Waals surface area (Å²) >= 11 is 0. The first-order chi connectivity index (χ1) is 7.24. The summed E-state index contributed by atoms with van der Waals surface area (Å²) in [5.74, 6) is 1.75. The Balaban J connectivity index is 1.89. The Hall–Kier alpha value is -1.29. The highest BCUT2D eigenvalue weighted by Crippen LogP contribution is 2.04. The molecular weight excluding hydrogens is 190 g/mol. The SMILES string of the molecule is Cc1ccc(/C=N/N2CCN(C)CC2)o1. The third-order valence-electron chi connectivity index (χ3n) is 2.59. The number of aryl methyl sites for hydroxylation is 1. The van der Waals surface area contributed by atoms with E-state index in [-0.39, 0.29) is 0 Å². The molecule has 1 fully saturated rings. The van der Waals surface area contributed by atoms with Gasteiger partial charge in [0.1, 0.15) is 11.5 Å². The fourth-order valence-electron chi connectivity index (χ4n) is 1.57. The van der Waals surface area contributed by atoms with Crippen LogP contribution in [0, 0.1) is 6.92 Å². The van der Waals surface area contributed by atoms with Crippen LogP contribution in [0.3, 0.4) is 0 Å². The molecule has 0 spiro atoms. The van der Waals surface area contributed by atoms with Gasteiger partial charge in [-0.25, -0.2) is 0 Å². The number of hydrogen-bond donors (Lipinski definition) is 0. The number of rotatable bonds is 2. The molecule has 0 atom stereocenters. The van der Waals surface area contributed by atoms with Crippen LogP contribution < -0.4 is 0 Å². The van der Waals surface area contributed by atoms with E-state index >= 15 is 0 Å². The maximum atomic E-state index is 5.41. The number of piperazine rings is 1. The average molecular weight is 207 g/mol. The second kappa shape index (κ2) is 4.49. The van der Waals surface area contributed by atoms with Gasteiger partial charge in [0.15, 0.2) is 0 Å². The van der Waals surface area contributed by atoms with Gasteiger partial charge in [-0.1, -0.05) is 0 Å². The van der Waals surface area contributed by atoms with E-state index in [0.717, 1.165) is 37.7 Å². The highest BCUT2D eigenvalue weighted by molar-refractivity contribution is 5.75. The van der Waals surface area contributed by atoms with E-state index in [1.165, 1.54) is 0 Å². The number of hydrogen-bond acceptors (Lipinski definition) is 4. The fraction of sp³-hybridized carbons (Fsp3) is 0.545. The van der Waals surface area contributed by atoms with Crippen LogP contribution in [0.5, 0.6) is 0 Å². The number of furan rings is 1. The van der Waals surface area contributed by atoms with Gasteiger partial charge in [0.25, 0.3) is 0 Å². The number of nitrogens with zero attached hydrogens (tertiary/aromatic N) is 3. The smallest absolute Gasteiger partial charge is 0.147 e. The maximum absolute atomic E-state index is 5.41. The quantitative estimate of drug-likeness (QED) is 0.682. The summed E-state index contributed by atoms with van der Waals surface area (Å²) in [5.41, 5.74) is 0. The van der Waals surface area contributed by atoms with Crippen molar-refractivity contribution in [2.45, 2.75) is 6.92 Å². The van der Waals surface area contributed by atoms with E-state index in [0.29, 0.717) is 0 Å². The zero-order chi connectivity index (χ0) is 10.7. The van der Waals surface area contributed by atoms with E-state index in [4.69, 9.17) is 4.42 Å². The molecule has 1 aliphatic heterocycles. The summed E-state index contributed by atoms with van der Waals surface area (Å²) in [4.78, 5) is 2.31. The molecule has 1 aliphatic rings. The van der Waals surface area contributed by atoms with Crippen molar-refractivity contribution >= 4 is 6.21 Å². The minimum absolute atomic E-state index is 0.825. The van der Waals surface area contributed by atoms with Gasteiger partial charge in [-0.3, -0.25) is 5.01 Å². The highest BCUT2D eigenvalue weighted by Gasteiger charge is 2.10. The van der Waals surface area contributed by atoms with Crippen molar-refractivity contribution < 1.29 is 4.42 Å². The van der Waals surface area contributed by atoms with Crippen LogP contribution >= 0.6 is 0 Å². The Morgan fingerprint density at radius 1 is 1.27 bits per heavy atom. The second-order valence-corrected chi connectivity index (χ2v) is 3.95. The first kappa shape index (κ1) is 10.2. The van der Waals surface area contributed by atoms with E-state index in [2.05, 4.69) is 22.1 Å². The Morgan fingerprint density at radius 3 is 2.60 bits per heavy atom. The maximum Gasteiger partial charge on any atom is 0.147 e. The summed E-state index contributed by atoms with van der Waals surface area (Å²) in [5, 5.41) is 6.47. The summed E-state index contributed by atoms with van der Waals surface area (Å²) in [6.07, 6.45) is 1.79. The van der Waals surface area contributed by atoms with Gasteiger partial charge in [-0.05, 0) is 26.1 Å². The molecule has 0 saturated carbocycles. The molecule has 4 nitrogen and oxygen atoms in total. The normalized spacial score (nSPS) is 18.9. The van der Waals surface area contributed by atoms with Crippen molar-refractivity contribution in [2.24, 2.45) is 5.10 Å². The lowest BCUT2D eigenvalue weighted by Gasteiger charge is -2.30. The molecule has 0 bridgehead atoms. The summed E-state index contributed by atoms with van der Waals surface area (Å²) in [7, 11) is 2.14. The molecule has 15 heavy (non-hydrogen) atoms. The average Bonchev–Trinajstić information content (AvgIpc) is 2.64. The lowest BCUT2D eigenvalue weighted by atomic mass is 10.4. The van der Waals surface area contributed by atoms with Gasteiger partial charge in [0, 0.05) is 26.2 Å². The minimum Gasteiger partial charge on any atom is -0.460 e. The Bertz CT molecular complexity index is 337. The predicted molar refractivity (Wildman–Crippen MR) is 60.1 cm³/mol. The molecule has 2 heterocycles. The molecule has 0 aliphatic carbocycles. The molecule has 1 saturated heterocycles. The third kappa shape index (κ3) is 2.83. The van der Waals surface area contributed by atoms with Gasteiger partial charge in [-0.15, -0.1) is 0 Å². The molecule has 0 N–H and O–H groups in total. The largest absolute Gasteiger partial charge is 0.460 e. The van der Waals surface area contributed by atoms with Crippen LogP contribution in [0.1, 0.15) is 11.5 Å². The zero-order valence-corrected chi connectivity index (χ0v) is 9.31. The van der Waals surface area contributed by atoms with Crippen LogP contribution in [0.15, 0.2) is 21.7 Å². The van der Waals surface area contributed by atoms with Crippen LogP contribution in [-0.4, -0.2) is 49.4 Å². The first-order valence-corrected chi connectivity index (χ1v) is 5.28. The molecule has 0 radical (unpaired) electrons. The van der Waals surface area contributed by atoms with E-state index in [1.807, 2.05) is 19.1 Å². The molecule has 0 unspecified atom stereocenters. The lowest BCUT2D eigenvalue weighted by Crippen LogP contribution is -2.41. The highest BCUT2D eigenvalue weighted by atomic mass is 16.3. The van der Waals surface area contributed by atoms with Crippen molar-refractivity contribution in [3.8, 4) is 0 Å². The van der Waals surface area contributed by atoms with Crippen molar-refractivity contribution in [1.29, 1.82) is 0 Å². The topological polar surface area (TPSA) is 32.0 Å². The van der Waals surface area contributed by atoms with E-state index < -0.39 is 0 Å². The second-order valence-electron chi connectivity index (χ2n) is 3.95. The van der Waals surface area contributed by atoms with Crippen molar-refractivity contribution in [3.05, 3.63) is 23.7 Å². The molecule has 82 valence electrons. The molecular formula is C11H17N3O. The first-order valence-electron chi connectivity index (χ1n) is 5.28. The number of likely N-dealkylation sites (N-methyl/N-ethyl adjacent to an activating group) is 1. The molecule has 2 rings (SSSR count). The molecule has 0 aromatic carbocycles. The van der Waals surface area contributed by atoms with Crippen LogP contribution in [-0.2, 0) is 0 Å². The zero-order valence-electron chi connectivity index (χ0n) is 9.31. The molecule has 1 aromatic heterocycles. The van der Waals surface area contributed by atoms with Gasteiger partial charge in [-0.2, -0.15) is 5.10 Å². The Labute approximate surface area is 90.2 Å². The summed E-state index contributed by atoms with van der Waals surface area (Å²) in [6.45, 7) is 6.08. The van der Waals surface area contributed by atoms with Crippen LogP contribution in [0.4, 0.5) is 0 Å². The molecule has 0 amide bonds. The van der Waals surface area contributed by atoms with Gasteiger partial charge in [0.05, 0.1) is 6.21 Å². The summed E-state index contributed by atoms with van der Waals surface area (Å²) < 4.78 is 5.41. The Morgan fingerprint density at radius 2 is 2.00 bits per heavy atom. The van der Waals surface area contributed by atoms with Gasteiger partial charge >= 0.3 is 0 Å².